The standard InChI is InChI=1S/C12H19ClNO4PS/c1-14(2,3)7-8-17-19(15,16)18-20-12-6-4-5-11(9-12)10-13/h4-6,9H,7-8,10H2,1-3H3/p+1. The van der Waals surface area contributed by atoms with Crippen molar-refractivity contribution in [3.63, 3.8) is 0 Å². The summed E-state index contributed by atoms with van der Waals surface area (Å²) in [6.07, 6.45) is 0. The Hall–Kier alpha value is -0.0700. The molecule has 8 heteroatoms. The van der Waals surface area contributed by atoms with Crippen molar-refractivity contribution in [3.8, 4) is 0 Å². The predicted molar refractivity (Wildman–Crippen MR) is 81.6 cm³/mol. The molecule has 0 bridgehead atoms. The van der Waals surface area contributed by atoms with Gasteiger partial charge in [0.15, 0.2) is 0 Å². The van der Waals surface area contributed by atoms with Crippen molar-refractivity contribution in [2.45, 2.75) is 10.8 Å². The zero-order chi connectivity index (χ0) is 15.2. The van der Waals surface area contributed by atoms with E-state index in [-0.39, 0.29) is 6.61 Å². The summed E-state index contributed by atoms with van der Waals surface area (Å²) in [6, 6.07) is 7.24. The fourth-order valence-electron chi connectivity index (χ4n) is 1.22. The summed E-state index contributed by atoms with van der Waals surface area (Å²) < 4.78 is 22.1. The lowest BCUT2D eigenvalue weighted by Gasteiger charge is -2.23. The molecular weight excluding hydrogens is 321 g/mol. The molecule has 5 nitrogen and oxygen atoms in total. The Morgan fingerprint density at radius 2 is 2.10 bits per heavy atom. The van der Waals surface area contributed by atoms with Crippen molar-refractivity contribution >= 4 is 31.5 Å². The number of halogens is 1. The van der Waals surface area contributed by atoms with Crippen LogP contribution in [0.25, 0.3) is 0 Å². The smallest absolute Gasteiger partial charge is 0.329 e. The number of benzene rings is 1. The number of nitrogens with zero attached hydrogens (tertiary/aromatic N) is 1. The molecule has 0 radical (unpaired) electrons. The van der Waals surface area contributed by atoms with Crippen LogP contribution in [-0.4, -0.2) is 43.7 Å². The van der Waals surface area contributed by atoms with Crippen molar-refractivity contribution in [2.75, 3.05) is 34.3 Å². The molecular formula is C12H20ClNO4PS+. The molecule has 0 saturated carbocycles. The maximum Gasteiger partial charge on any atom is 0.483 e. The Morgan fingerprint density at radius 1 is 1.40 bits per heavy atom. The van der Waals surface area contributed by atoms with Gasteiger partial charge >= 0.3 is 7.82 Å². The number of alkyl halides is 1. The Labute approximate surface area is 129 Å². The first kappa shape index (κ1) is 18.0. The highest BCUT2D eigenvalue weighted by molar-refractivity contribution is 7.98. The maximum absolute atomic E-state index is 11.7. The van der Waals surface area contributed by atoms with Gasteiger partial charge in [-0.25, -0.2) is 8.54 Å². The maximum atomic E-state index is 11.7. The van der Waals surface area contributed by atoms with Crippen molar-refractivity contribution < 1.29 is 22.4 Å². The Bertz CT molecular complexity index is 481. The van der Waals surface area contributed by atoms with Gasteiger partial charge in [0.05, 0.1) is 21.1 Å². The van der Waals surface area contributed by atoms with Gasteiger partial charge in [-0.15, -0.1) is 11.6 Å². The zero-order valence-corrected chi connectivity index (χ0v) is 14.3. The summed E-state index contributed by atoms with van der Waals surface area (Å²) in [4.78, 5) is 10.3. The molecule has 0 aliphatic heterocycles. The molecule has 0 fully saturated rings. The van der Waals surface area contributed by atoms with Gasteiger partial charge in [0.2, 0.25) is 0 Å². The molecule has 1 aromatic rings. The number of hydrogen-bond donors (Lipinski definition) is 1. The van der Waals surface area contributed by atoms with Gasteiger partial charge in [-0.3, -0.25) is 4.52 Å². The van der Waals surface area contributed by atoms with Crippen molar-refractivity contribution in [2.24, 2.45) is 0 Å². The largest absolute Gasteiger partial charge is 0.483 e. The van der Waals surface area contributed by atoms with Crippen molar-refractivity contribution in [1.29, 1.82) is 0 Å². The predicted octanol–water partition coefficient (Wildman–Crippen LogP) is 3.27. The van der Waals surface area contributed by atoms with Gasteiger partial charge in [-0.1, -0.05) is 12.1 Å². The molecule has 114 valence electrons. The molecule has 0 amide bonds. The van der Waals surface area contributed by atoms with Gasteiger partial charge in [-0.2, -0.15) is 0 Å². The highest BCUT2D eigenvalue weighted by Gasteiger charge is 2.23. The van der Waals surface area contributed by atoms with E-state index in [1.165, 1.54) is 0 Å². The van der Waals surface area contributed by atoms with E-state index in [1.807, 2.05) is 33.3 Å². The number of rotatable bonds is 8. The summed E-state index contributed by atoms with van der Waals surface area (Å²) in [6.45, 7) is 0.764. The highest BCUT2D eigenvalue weighted by atomic mass is 35.5. The molecule has 20 heavy (non-hydrogen) atoms. The van der Waals surface area contributed by atoms with Gasteiger partial charge in [-0.05, 0) is 17.7 Å². The van der Waals surface area contributed by atoms with E-state index >= 15 is 0 Å². The Morgan fingerprint density at radius 3 is 2.70 bits per heavy atom. The fraction of sp³-hybridized carbons (Fsp3) is 0.500. The lowest BCUT2D eigenvalue weighted by atomic mass is 10.2. The average Bonchev–Trinajstić information content (AvgIpc) is 2.35. The highest BCUT2D eigenvalue weighted by Crippen LogP contribution is 2.48. The Kier molecular flexibility index (Phi) is 7.01. The summed E-state index contributed by atoms with van der Waals surface area (Å²) >= 11 is 6.53. The molecule has 1 rings (SSSR count). The first-order valence-electron chi connectivity index (χ1n) is 6.01. The molecule has 0 heterocycles. The average molecular weight is 341 g/mol. The van der Waals surface area contributed by atoms with Crippen LogP contribution in [-0.2, 0) is 18.9 Å². The molecule has 0 aromatic heterocycles. The second-order valence-electron chi connectivity index (χ2n) is 5.25. The fourth-order valence-corrected chi connectivity index (χ4v) is 2.93. The van der Waals surface area contributed by atoms with Crippen LogP contribution in [0.5, 0.6) is 0 Å². The molecule has 0 spiro atoms. The quantitative estimate of drug-likeness (QED) is 0.341. The van der Waals surface area contributed by atoms with E-state index in [0.29, 0.717) is 21.8 Å². The lowest BCUT2D eigenvalue weighted by molar-refractivity contribution is -0.870. The molecule has 1 aromatic carbocycles. The van der Waals surface area contributed by atoms with E-state index in [4.69, 9.17) is 20.1 Å². The van der Waals surface area contributed by atoms with Gasteiger partial charge in [0.1, 0.15) is 13.2 Å². The van der Waals surface area contributed by atoms with Crippen molar-refractivity contribution in [3.05, 3.63) is 29.8 Å². The van der Waals surface area contributed by atoms with Crippen LogP contribution >= 0.6 is 31.5 Å². The van der Waals surface area contributed by atoms with Gasteiger partial charge < -0.3 is 9.38 Å². The minimum absolute atomic E-state index is 0.152. The van der Waals surface area contributed by atoms with Crippen LogP contribution in [0.1, 0.15) is 5.56 Å². The number of phosphoric ester groups is 1. The van der Waals surface area contributed by atoms with E-state index in [2.05, 4.69) is 0 Å². The zero-order valence-electron chi connectivity index (χ0n) is 11.8. The number of quaternary nitrogens is 1. The summed E-state index contributed by atoms with van der Waals surface area (Å²) in [5.41, 5.74) is 0.916. The van der Waals surface area contributed by atoms with Crippen LogP contribution in [0.3, 0.4) is 0 Å². The van der Waals surface area contributed by atoms with Crippen molar-refractivity contribution in [1.82, 2.24) is 0 Å². The van der Waals surface area contributed by atoms with Crippen LogP contribution in [0.4, 0.5) is 0 Å². The molecule has 1 unspecified atom stereocenters. The second-order valence-corrected chi connectivity index (χ2v) is 7.95. The van der Waals surface area contributed by atoms with E-state index in [1.54, 1.807) is 12.1 Å². The number of likely N-dealkylation sites (N-methyl/N-ethyl adjacent to an activating group) is 1. The van der Waals surface area contributed by atoms with E-state index < -0.39 is 7.82 Å². The summed E-state index contributed by atoms with van der Waals surface area (Å²) in [5.74, 6) is 0.380. The molecule has 0 aliphatic rings. The SMILES string of the molecule is C[N+](C)(C)CCOP(=O)(O)OSc1cccc(CCl)c1. The normalized spacial score (nSPS) is 15.1. The molecule has 1 atom stereocenters. The van der Waals surface area contributed by atoms with E-state index in [9.17, 15) is 9.46 Å². The monoisotopic (exact) mass is 340 g/mol. The first-order valence-corrected chi connectivity index (χ1v) is 8.78. The Balaban J connectivity index is 2.44. The minimum atomic E-state index is -4.05. The van der Waals surface area contributed by atoms with Gasteiger partial charge in [0, 0.05) is 22.8 Å². The van der Waals surface area contributed by atoms with Crippen LogP contribution in [0, 0.1) is 0 Å². The third-order valence-corrected chi connectivity index (χ3v) is 4.61. The first-order chi connectivity index (χ1) is 9.22. The van der Waals surface area contributed by atoms with E-state index in [0.717, 1.165) is 17.6 Å². The summed E-state index contributed by atoms with van der Waals surface area (Å²) in [7, 11) is 1.87. The topological polar surface area (TPSA) is 55.8 Å². The summed E-state index contributed by atoms with van der Waals surface area (Å²) in [5, 5.41) is 0. The third-order valence-electron chi connectivity index (χ3n) is 2.30. The number of phosphoric acid groups is 1. The molecule has 0 saturated heterocycles. The van der Waals surface area contributed by atoms with Crippen LogP contribution in [0.2, 0.25) is 0 Å². The minimum Gasteiger partial charge on any atom is -0.329 e. The van der Waals surface area contributed by atoms with Gasteiger partial charge in [0.25, 0.3) is 0 Å². The number of hydrogen-bond acceptors (Lipinski definition) is 4. The second kappa shape index (κ2) is 7.80. The third kappa shape index (κ3) is 7.64. The lowest BCUT2D eigenvalue weighted by Crippen LogP contribution is -2.37. The van der Waals surface area contributed by atoms with Crippen LogP contribution in [0.15, 0.2) is 29.2 Å². The molecule has 0 aliphatic carbocycles. The van der Waals surface area contributed by atoms with Crippen LogP contribution < -0.4 is 0 Å². The molecule has 1 N–H and O–H groups in total.